The molecule has 31 heavy (non-hydrogen) atoms. The van der Waals surface area contributed by atoms with Crippen LogP contribution in [0.1, 0.15) is 56.8 Å². The first kappa shape index (κ1) is 21.1. The minimum Gasteiger partial charge on any atom is -0.490 e. The number of rotatable bonds is 7. The zero-order valence-corrected chi connectivity index (χ0v) is 18.5. The third-order valence-corrected chi connectivity index (χ3v) is 5.42. The van der Waals surface area contributed by atoms with Crippen LogP contribution in [-0.4, -0.2) is 22.8 Å². The maximum Gasteiger partial charge on any atom is 0.258 e. The van der Waals surface area contributed by atoms with Crippen LogP contribution in [0, 0.1) is 17.2 Å². The van der Waals surface area contributed by atoms with Gasteiger partial charge in [0.05, 0.1) is 11.7 Å². The third kappa shape index (κ3) is 4.47. The number of nitrogens with one attached hydrogen (secondary N) is 1. The molecule has 0 radical (unpaired) electrons. The fraction of sp³-hybridized carbons (Fsp3) is 0.400. The maximum atomic E-state index is 9.49. The SMILES string of the molecule is CC(C)CNC1CCc2c(-c3noc(-c4ccc(OC(C)C)c(C#N)c4)n3)cccc21. The van der Waals surface area contributed by atoms with E-state index in [1.807, 2.05) is 19.9 Å². The molecule has 0 aliphatic heterocycles. The van der Waals surface area contributed by atoms with Crippen LogP contribution in [0.2, 0.25) is 0 Å². The number of hydrogen-bond donors (Lipinski definition) is 1. The topological polar surface area (TPSA) is 84.0 Å². The molecule has 160 valence electrons. The minimum atomic E-state index is -0.00742. The Balaban J connectivity index is 1.61. The summed E-state index contributed by atoms with van der Waals surface area (Å²) in [6, 6.07) is 14.2. The first-order valence-electron chi connectivity index (χ1n) is 10.9. The van der Waals surface area contributed by atoms with Gasteiger partial charge >= 0.3 is 0 Å². The summed E-state index contributed by atoms with van der Waals surface area (Å²) in [6.45, 7) is 9.30. The smallest absolute Gasteiger partial charge is 0.258 e. The second kappa shape index (κ2) is 8.91. The van der Waals surface area contributed by atoms with Gasteiger partial charge in [0, 0.05) is 17.2 Å². The average molecular weight is 417 g/mol. The van der Waals surface area contributed by atoms with E-state index in [1.165, 1.54) is 11.1 Å². The first-order valence-corrected chi connectivity index (χ1v) is 10.9. The Morgan fingerprint density at radius 1 is 1.23 bits per heavy atom. The van der Waals surface area contributed by atoms with Gasteiger partial charge in [-0.05, 0) is 68.5 Å². The quantitative estimate of drug-likeness (QED) is 0.563. The van der Waals surface area contributed by atoms with Crippen molar-refractivity contribution in [2.45, 2.75) is 52.7 Å². The average Bonchev–Trinajstić information content (AvgIpc) is 3.39. The van der Waals surface area contributed by atoms with Crippen molar-refractivity contribution < 1.29 is 9.26 Å². The van der Waals surface area contributed by atoms with E-state index in [2.05, 4.69) is 53.6 Å². The molecule has 0 bridgehead atoms. The van der Waals surface area contributed by atoms with E-state index in [1.54, 1.807) is 12.1 Å². The third-order valence-electron chi connectivity index (χ3n) is 5.42. The lowest BCUT2D eigenvalue weighted by Gasteiger charge is -2.16. The fourth-order valence-electron chi connectivity index (χ4n) is 4.01. The normalized spacial score (nSPS) is 15.3. The summed E-state index contributed by atoms with van der Waals surface area (Å²) in [5.74, 6) is 2.15. The predicted molar refractivity (Wildman–Crippen MR) is 120 cm³/mol. The number of aromatic nitrogens is 2. The molecule has 0 saturated carbocycles. The van der Waals surface area contributed by atoms with E-state index in [0.717, 1.165) is 24.9 Å². The van der Waals surface area contributed by atoms with Crippen LogP contribution in [0.4, 0.5) is 0 Å². The monoisotopic (exact) mass is 416 g/mol. The van der Waals surface area contributed by atoms with Gasteiger partial charge in [-0.2, -0.15) is 10.2 Å². The molecule has 0 saturated heterocycles. The van der Waals surface area contributed by atoms with E-state index >= 15 is 0 Å². The molecule has 0 spiro atoms. The number of nitrogens with zero attached hydrogens (tertiary/aromatic N) is 3. The Bertz CT molecular complexity index is 1110. The molecular formula is C25H28N4O2. The van der Waals surface area contributed by atoms with E-state index in [4.69, 9.17) is 9.26 Å². The molecule has 1 unspecified atom stereocenters. The lowest BCUT2D eigenvalue weighted by Crippen LogP contribution is -2.23. The Labute approximate surface area is 183 Å². The first-order chi connectivity index (χ1) is 15.0. The van der Waals surface area contributed by atoms with Gasteiger partial charge in [-0.1, -0.05) is 37.2 Å². The molecule has 1 atom stereocenters. The summed E-state index contributed by atoms with van der Waals surface area (Å²) in [5, 5.41) is 17.4. The van der Waals surface area contributed by atoms with Gasteiger partial charge in [-0.15, -0.1) is 0 Å². The van der Waals surface area contributed by atoms with Crippen LogP contribution in [0.15, 0.2) is 40.9 Å². The second-order valence-corrected chi connectivity index (χ2v) is 8.68. The van der Waals surface area contributed by atoms with Crippen molar-refractivity contribution in [1.82, 2.24) is 15.5 Å². The molecule has 0 amide bonds. The summed E-state index contributed by atoms with van der Waals surface area (Å²) < 4.78 is 11.3. The number of benzene rings is 2. The molecule has 1 heterocycles. The van der Waals surface area contributed by atoms with Crippen molar-refractivity contribution >= 4 is 0 Å². The van der Waals surface area contributed by atoms with Crippen molar-refractivity contribution in [1.29, 1.82) is 5.26 Å². The van der Waals surface area contributed by atoms with Crippen LogP contribution < -0.4 is 10.1 Å². The van der Waals surface area contributed by atoms with Crippen molar-refractivity contribution in [2.75, 3.05) is 6.54 Å². The van der Waals surface area contributed by atoms with E-state index < -0.39 is 0 Å². The molecule has 4 rings (SSSR count). The highest BCUT2D eigenvalue weighted by Crippen LogP contribution is 2.37. The number of fused-ring (bicyclic) bond motifs is 1. The van der Waals surface area contributed by atoms with Crippen LogP contribution in [0.25, 0.3) is 22.8 Å². The van der Waals surface area contributed by atoms with E-state index in [-0.39, 0.29) is 6.10 Å². The summed E-state index contributed by atoms with van der Waals surface area (Å²) in [7, 11) is 0. The van der Waals surface area contributed by atoms with Crippen LogP contribution >= 0.6 is 0 Å². The Morgan fingerprint density at radius 2 is 2.06 bits per heavy atom. The molecule has 1 N–H and O–H groups in total. The van der Waals surface area contributed by atoms with E-state index in [0.29, 0.717) is 40.6 Å². The molecule has 0 fully saturated rings. The van der Waals surface area contributed by atoms with Crippen LogP contribution in [0.3, 0.4) is 0 Å². The van der Waals surface area contributed by atoms with Gasteiger partial charge in [0.2, 0.25) is 5.82 Å². The Morgan fingerprint density at radius 3 is 2.81 bits per heavy atom. The maximum absolute atomic E-state index is 9.49. The minimum absolute atomic E-state index is 0.00742. The highest BCUT2D eigenvalue weighted by Gasteiger charge is 2.26. The predicted octanol–water partition coefficient (Wildman–Crippen LogP) is 5.30. The molecule has 3 aromatic rings. The second-order valence-electron chi connectivity index (χ2n) is 8.68. The standard InChI is InChI=1S/C25H28N4O2/c1-15(2)14-27-22-10-9-19-20(22)6-5-7-21(19)24-28-25(31-29-24)17-8-11-23(30-16(3)4)18(12-17)13-26/h5-8,11-12,15-16,22,27H,9-10,14H2,1-4H3. The van der Waals surface area contributed by atoms with Crippen molar-refractivity contribution in [3.05, 3.63) is 53.1 Å². The molecule has 1 aromatic heterocycles. The lowest BCUT2D eigenvalue weighted by molar-refractivity contribution is 0.241. The van der Waals surface area contributed by atoms with Gasteiger partial charge < -0.3 is 14.6 Å². The zero-order chi connectivity index (χ0) is 22.0. The summed E-state index contributed by atoms with van der Waals surface area (Å²) in [5.41, 5.74) is 4.78. The lowest BCUT2D eigenvalue weighted by atomic mass is 10.0. The van der Waals surface area contributed by atoms with Gasteiger partial charge in [-0.3, -0.25) is 0 Å². The van der Waals surface area contributed by atoms with Gasteiger partial charge in [0.25, 0.3) is 5.89 Å². The highest BCUT2D eigenvalue weighted by molar-refractivity contribution is 5.67. The Hall–Kier alpha value is -3.17. The van der Waals surface area contributed by atoms with Crippen molar-refractivity contribution in [2.24, 2.45) is 5.92 Å². The Kier molecular flexibility index (Phi) is 6.06. The molecule has 1 aliphatic rings. The molecule has 2 aromatic carbocycles. The highest BCUT2D eigenvalue weighted by atomic mass is 16.5. The van der Waals surface area contributed by atoms with E-state index in [9.17, 15) is 5.26 Å². The van der Waals surface area contributed by atoms with Crippen LogP contribution in [-0.2, 0) is 6.42 Å². The van der Waals surface area contributed by atoms with Crippen molar-refractivity contribution in [3.8, 4) is 34.7 Å². The molecule has 6 heteroatoms. The number of hydrogen-bond acceptors (Lipinski definition) is 6. The summed E-state index contributed by atoms with van der Waals surface area (Å²) in [6.07, 6.45) is 2.06. The fourth-order valence-corrected chi connectivity index (χ4v) is 4.01. The largest absolute Gasteiger partial charge is 0.490 e. The van der Waals surface area contributed by atoms with Gasteiger partial charge in [0.15, 0.2) is 0 Å². The molecule has 6 nitrogen and oxygen atoms in total. The number of nitriles is 1. The molecular weight excluding hydrogens is 388 g/mol. The number of ether oxygens (including phenoxy) is 1. The van der Waals surface area contributed by atoms with Crippen LogP contribution in [0.5, 0.6) is 5.75 Å². The summed E-state index contributed by atoms with van der Waals surface area (Å²) >= 11 is 0. The summed E-state index contributed by atoms with van der Waals surface area (Å²) in [4.78, 5) is 4.65. The van der Waals surface area contributed by atoms with Crippen molar-refractivity contribution in [3.63, 3.8) is 0 Å². The zero-order valence-electron chi connectivity index (χ0n) is 18.5. The van der Waals surface area contributed by atoms with Gasteiger partial charge in [0.1, 0.15) is 11.8 Å². The van der Waals surface area contributed by atoms with Gasteiger partial charge in [-0.25, -0.2) is 0 Å². The molecule has 1 aliphatic carbocycles.